The first-order valence-corrected chi connectivity index (χ1v) is 10.0. The third kappa shape index (κ3) is 4.24. The quantitative estimate of drug-likeness (QED) is 0.527. The van der Waals surface area contributed by atoms with Gasteiger partial charge in [0, 0.05) is 23.0 Å². The van der Waals surface area contributed by atoms with Gasteiger partial charge in [-0.1, -0.05) is 48.5 Å². The van der Waals surface area contributed by atoms with Crippen molar-refractivity contribution in [2.45, 2.75) is 13.3 Å². The summed E-state index contributed by atoms with van der Waals surface area (Å²) >= 11 is 0. The smallest absolute Gasteiger partial charge is 0.131 e. The van der Waals surface area contributed by atoms with E-state index in [1.165, 1.54) is 0 Å². The summed E-state index contributed by atoms with van der Waals surface area (Å²) in [5, 5.41) is 0. The summed E-state index contributed by atoms with van der Waals surface area (Å²) in [4.78, 5) is 8.04. The average Bonchev–Trinajstić information content (AvgIpc) is 3.41. The van der Waals surface area contributed by atoms with Gasteiger partial charge in [0.1, 0.15) is 5.82 Å². The van der Waals surface area contributed by atoms with Gasteiger partial charge < -0.3 is 10.7 Å². The van der Waals surface area contributed by atoms with Gasteiger partial charge >= 0.3 is 0 Å². The minimum Gasteiger partial charge on any atom is -0.361 e. The molecule has 0 saturated carbocycles. The number of rotatable bonds is 6. The molecule has 1 aliphatic rings. The maximum absolute atomic E-state index is 14.6. The van der Waals surface area contributed by atoms with Gasteiger partial charge in [0.2, 0.25) is 0 Å². The molecule has 2 aromatic carbocycles. The minimum atomic E-state index is -0.235. The molecule has 0 radical (unpaired) electrons. The molecular formula is C26H24FN3. The van der Waals surface area contributed by atoms with Crippen LogP contribution < -0.4 is 5.73 Å². The summed E-state index contributed by atoms with van der Waals surface area (Å²) in [7, 11) is 0. The van der Waals surface area contributed by atoms with Gasteiger partial charge in [-0.3, -0.25) is 0 Å². The van der Waals surface area contributed by atoms with Crippen LogP contribution in [-0.2, 0) is 0 Å². The van der Waals surface area contributed by atoms with Crippen molar-refractivity contribution in [3.63, 3.8) is 0 Å². The number of aromatic amines is 1. The molecule has 1 aromatic heterocycles. The lowest BCUT2D eigenvalue weighted by Gasteiger charge is -2.08. The van der Waals surface area contributed by atoms with Crippen LogP contribution in [0.5, 0.6) is 0 Å². The number of nitrogens with one attached hydrogen (secondary N) is 1. The molecular weight excluding hydrogens is 373 g/mol. The van der Waals surface area contributed by atoms with Gasteiger partial charge in [-0.15, -0.1) is 0 Å². The highest BCUT2D eigenvalue weighted by atomic mass is 19.1. The highest BCUT2D eigenvalue weighted by molar-refractivity contribution is 6.10. The number of nitrogens with zero attached hydrogens (tertiary/aromatic N) is 1. The molecule has 4 heteroatoms. The first kappa shape index (κ1) is 19.8. The van der Waals surface area contributed by atoms with Gasteiger partial charge in [-0.2, -0.15) is 0 Å². The van der Waals surface area contributed by atoms with Crippen LogP contribution in [0.25, 0.3) is 22.8 Å². The molecule has 0 bridgehead atoms. The van der Waals surface area contributed by atoms with E-state index in [1.807, 2.05) is 85.9 Å². The fourth-order valence-electron chi connectivity index (χ4n) is 3.64. The summed E-state index contributed by atoms with van der Waals surface area (Å²) in [5.74, 6) is -0.235. The first-order valence-electron chi connectivity index (χ1n) is 10.0. The van der Waals surface area contributed by atoms with E-state index in [0.29, 0.717) is 12.1 Å². The number of benzene rings is 2. The Balaban J connectivity index is 1.59. The molecule has 3 N–H and O–H groups in total. The fourth-order valence-corrected chi connectivity index (χ4v) is 3.64. The predicted octanol–water partition coefficient (Wildman–Crippen LogP) is 6.00. The average molecular weight is 397 g/mol. The lowest BCUT2D eigenvalue weighted by atomic mass is 10.0. The molecule has 3 nitrogen and oxygen atoms in total. The molecule has 150 valence electrons. The summed E-state index contributed by atoms with van der Waals surface area (Å²) < 4.78 is 14.6. The zero-order valence-electron chi connectivity index (χ0n) is 16.9. The van der Waals surface area contributed by atoms with Gasteiger partial charge in [-0.25, -0.2) is 9.38 Å². The predicted molar refractivity (Wildman–Crippen MR) is 123 cm³/mol. The van der Waals surface area contributed by atoms with Crippen molar-refractivity contribution in [2.75, 3.05) is 6.54 Å². The van der Waals surface area contributed by atoms with Crippen LogP contribution in [0.2, 0.25) is 0 Å². The minimum absolute atomic E-state index is 0.235. The molecule has 30 heavy (non-hydrogen) atoms. The Hall–Kier alpha value is -3.50. The molecule has 0 amide bonds. The summed E-state index contributed by atoms with van der Waals surface area (Å²) in [6.07, 6.45) is 8.50. The summed E-state index contributed by atoms with van der Waals surface area (Å²) in [5.41, 5.74) is 13.1. The standard InChI is InChI=1S/C26H24FN3/c1-18-16-21(30-26(18)23(13-14-28)25-8-5-15-29-25)11-9-19-10-12-22(24(27)17-19)20-6-3-2-4-7-20/h2-12,15-17,29H,13-14,28H2,1H3/b11-9+,26-23-. The van der Waals surface area contributed by atoms with E-state index < -0.39 is 0 Å². The van der Waals surface area contributed by atoms with Gasteiger partial charge in [-0.05, 0) is 66.9 Å². The van der Waals surface area contributed by atoms with Crippen LogP contribution in [0, 0.1) is 5.82 Å². The Morgan fingerprint density at radius 1 is 1.07 bits per heavy atom. The van der Waals surface area contributed by atoms with Crippen LogP contribution in [0.4, 0.5) is 4.39 Å². The largest absolute Gasteiger partial charge is 0.361 e. The Labute approximate surface area is 176 Å². The zero-order chi connectivity index (χ0) is 20.9. The third-order valence-electron chi connectivity index (χ3n) is 5.11. The van der Waals surface area contributed by atoms with Crippen molar-refractivity contribution in [2.24, 2.45) is 10.7 Å². The highest BCUT2D eigenvalue weighted by Crippen LogP contribution is 2.30. The molecule has 2 heterocycles. The summed E-state index contributed by atoms with van der Waals surface area (Å²) in [6, 6.07) is 18.9. The molecule has 4 rings (SSSR count). The molecule has 0 fully saturated rings. The van der Waals surface area contributed by atoms with E-state index in [2.05, 4.69) is 4.98 Å². The number of halogens is 1. The molecule has 0 unspecified atom stereocenters. The summed E-state index contributed by atoms with van der Waals surface area (Å²) in [6.45, 7) is 2.60. The number of aromatic nitrogens is 1. The number of H-pyrrole nitrogens is 1. The number of aliphatic imine (C=N–C) groups is 1. The van der Waals surface area contributed by atoms with Crippen molar-refractivity contribution in [3.8, 4) is 11.1 Å². The molecule has 1 aliphatic heterocycles. The van der Waals surface area contributed by atoms with Crippen molar-refractivity contribution in [3.05, 3.63) is 107 Å². The molecule has 0 atom stereocenters. The molecule has 0 saturated heterocycles. The van der Waals surface area contributed by atoms with E-state index in [0.717, 1.165) is 45.8 Å². The normalized spacial score (nSPS) is 15.4. The Morgan fingerprint density at radius 3 is 2.60 bits per heavy atom. The number of hydrogen-bond donors (Lipinski definition) is 2. The first-order chi connectivity index (χ1) is 14.7. The molecule has 0 aliphatic carbocycles. The Bertz CT molecular complexity index is 1150. The van der Waals surface area contributed by atoms with Crippen molar-refractivity contribution in [1.82, 2.24) is 4.98 Å². The van der Waals surface area contributed by atoms with Crippen molar-refractivity contribution in [1.29, 1.82) is 0 Å². The lowest BCUT2D eigenvalue weighted by molar-refractivity contribution is 0.631. The Kier molecular flexibility index (Phi) is 5.87. The second-order valence-corrected chi connectivity index (χ2v) is 7.25. The lowest BCUT2D eigenvalue weighted by Crippen LogP contribution is -2.02. The maximum atomic E-state index is 14.6. The SMILES string of the molecule is CC1=CC(/C=C/c2ccc(-c3ccccc3)c(F)c2)=NC/1=C(/CCN)c1ccc[nH]1. The second-order valence-electron chi connectivity index (χ2n) is 7.25. The number of nitrogens with two attached hydrogens (primary N) is 1. The maximum Gasteiger partial charge on any atom is 0.131 e. The fraction of sp³-hybridized carbons (Fsp3) is 0.115. The van der Waals surface area contributed by atoms with E-state index >= 15 is 0 Å². The van der Waals surface area contributed by atoms with E-state index in [-0.39, 0.29) is 5.82 Å². The van der Waals surface area contributed by atoms with Gasteiger partial charge in [0.25, 0.3) is 0 Å². The van der Waals surface area contributed by atoms with Crippen LogP contribution in [0.1, 0.15) is 24.6 Å². The van der Waals surface area contributed by atoms with Crippen LogP contribution in [0.15, 0.2) is 95.3 Å². The van der Waals surface area contributed by atoms with E-state index in [9.17, 15) is 4.39 Å². The molecule has 0 spiro atoms. The monoisotopic (exact) mass is 397 g/mol. The van der Waals surface area contributed by atoms with E-state index in [4.69, 9.17) is 10.7 Å². The highest BCUT2D eigenvalue weighted by Gasteiger charge is 2.16. The third-order valence-corrected chi connectivity index (χ3v) is 5.11. The van der Waals surface area contributed by atoms with Gasteiger partial charge in [0.05, 0.1) is 11.4 Å². The topological polar surface area (TPSA) is 54.2 Å². The second kappa shape index (κ2) is 8.89. The van der Waals surface area contributed by atoms with Crippen LogP contribution >= 0.6 is 0 Å². The molecule has 3 aromatic rings. The van der Waals surface area contributed by atoms with Gasteiger partial charge in [0.15, 0.2) is 0 Å². The zero-order valence-corrected chi connectivity index (χ0v) is 16.9. The van der Waals surface area contributed by atoms with Crippen LogP contribution in [0.3, 0.4) is 0 Å². The van der Waals surface area contributed by atoms with Crippen LogP contribution in [-0.4, -0.2) is 17.2 Å². The van der Waals surface area contributed by atoms with Crippen molar-refractivity contribution >= 4 is 17.4 Å². The number of hydrogen-bond acceptors (Lipinski definition) is 2. The van der Waals surface area contributed by atoms with Crippen molar-refractivity contribution < 1.29 is 4.39 Å². The Morgan fingerprint density at radius 2 is 1.90 bits per heavy atom. The number of allylic oxidation sites excluding steroid dienone is 3. The van der Waals surface area contributed by atoms with E-state index in [1.54, 1.807) is 6.07 Å².